The molecule has 100 valence electrons. The van der Waals surface area contributed by atoms with Crippen LogP contribution in [0.15, 0.2) is 36.4 Å². The van der Waals surface area contributed by atoms with E-state index in [2.05, 4.69) is 4.74 Å². The third-order valence-corrected chi connectivity index (χ3v) is 2.94. The summed E-state index contributed by atoms with van der Waals surface area (Å²) in [6, 6.07) is 7.25. The van der Waals surface area contributed by atoms with E-state index >= 15 is 0 Å². The lowest BCUT2D eigenvalue weighted by Crippen LogP contribution is -2.01. The lowest BCUT2D eigenvalue weighted by molar-refractivity contribution is -0.107. The number of benzene rings is 1. The van der Waals surface area contributed by atoms with Crippen LogP contribution in [0.4, 0.5) is 0 Å². The summed E-state index contributed by atoms with van der Waals surface area (Å²) in [4.78, 5) is 21.6. The van der Waals surface area contributed by atoms with Crippen molar-refractivity contribution in [3.8, 4) is 0 Å². The maximum absolute atomic E-state index is 11.4. The highest BCUT2D eigenvalue weighted by molar-refractivity contribution is 5.89. The normalized spacial score (nSPS) is 21.3. The SMILES string of the molecule is COC(=O)c1cccc(C2OC2/C=C/CCC=O)c1. The van der Waals surface area contributed by atoms with Crippen molar-refractivity contribution in [2.45, 2.75) is 25.0 Å². The van der Waals surface area contributed by atoms with Crippen LogP contribution in [-0.2, 0) is 14.3 Å². The maximum Gasteiger partial charge on any atom is 0.337 e. The largest absolute Gasteiger partial charge is 0.465 e. The van der Waals surface area contributed by atoms with E-state index in [1.807, 2.05) is 24.3 Å². The van der Waals surface area contributed by atoms with Gasteiger partial charge in [0.1, 0.15) is 18.5 Å². The van der Waals surface area contributed by atoms with Gasteiger partial charge in [-0.1, -0.05) is 24.3 Å². The Morgan fingerprint density at radius 3 is 3.00 bits per heavy atom. The molecule has 1 fully saturated rings. The smallest absolute Gasteiger partial charge is 0.337 e. The molecule has 2 rings (SSSR count). The molecule has 19 heavy (non-hydrogen) atoms. The van der Waals surface area contributed by atoms with Gasteiger partial charge in [-0.2, -0.15) is 0 Å². The van der Waals surface area contributed by atoms with Crippen LogP contribution < -0.4 is 0 Å². The first kappa shape index (κ1) is 13.5. The van der Waals surface area contributed by atoms with Crippen molar-refractivity contribution in [2.75, 3.05) is 7.11 Å². The predicted octanol–water partition coefficient (Wildman–Crippen LogP) is 2.45. The van der Waals surface area contributed by atoms with Gasteiger partial charge in [0, 0.05) is 6.42 Å². The maximum atomic E-state index is 11.4. The van der Waals surface area contributed by atoms with Gasteiger partial charge in [0.05, 0.1) is 12.7 Å². The van der Waals surface area contributed by atoms with Crippen molar-refractivity contribution >= 4 is 12.3 Å². The molecule has 1 aliphatic heterocycles. The highest BCUT2D eigenvalue weighted by Gasteiger charge is 2.38. The molecule has 0 bridgehead atoms. The van der Waals surface area contributed by atoms with Gasteiger partial charge in [0.25, 0.3) is 0 Å². The van der Waals surface area contributed by atoms with Crippen molar-refractivity contribution in [2.24, 2.45) is 0 Å². The second-order valence-corrected chi connectivity index (χ2v) is 4.31. The van der Waals surface area contributed by atoms with E-state index in [1.54, 1.807) is 12.1 Å². The molecule has 0 aliphatic carbocycles. The number of carbonyl (C=O) groups is 2. The summed E-state index contributed by atoms with van der Waals surface area (Å²) in [5, 5.41) is 0. The van der Waals surface area contributed by atoms with Crippen LogP contribution in [0.25, 0.3) is 0 Å². The standard InChI is InChI=1S/C15H16O4/c1-18-15(17)12-7-5-6-11(10-12)14-13(19-14)8-3-2-4-9-16/h3,5-10,13-14H,2,4H2,1H3/b8-3+. The molecule has 1 heterocycles. The Morgan fingerprint density at radius 1 is 1.42 bits per heavy atom. The van der Waals surface area contributed by atoms with Crippen LogP contribution in [0.1, 0.15) is 34.9 Å². The zero-order valence-electron chi connectivity index (χ0n) is 10.7. The van der Waals surface area contributed by atoms with Crippen molar-refractivity contribution in [1.82, 2.24) is 0 Å². The van der Waals surface area contributed by atoms with Crippen LogP contribution in [0, 0.1) is 0 Å². The molecule has 0 aromatic heterocycles. The van der Waals surface area contributed by atoms with Crippen molar-refractivity contribution < 1.29 is 19.1 Å². The Bertz CT molecular complexity index is 493. The van der Waals surface area contributed by atoms with Gasteiger partial charge in [0.15, 0.2) is 0 Å². The lowest BCUT2D eigenvalue weighted by atomic mass is 10.1. The fourth-order valence-electron chi connectivity index (χ4n) is 1.89. The molecule has 0 N–H and O–H groups in total. The van der Waals surface area contributed by atoms with Crippen LogP contribution in [-0.4, -0.2) is 25.5 Å². The average molecular weight is 260 g/mol. The molecule has 1 saturated heterocycles. The summed E-state index contributed by atoms with van der Waals surface area (Å²) in [5.41, 5.74) is 1.49. The number of epoxide rings is 1. The number of ether oxygens (including phenoxy) is 2. The molecule has 0 radical (unpaired) electrons. The first-order valence-corrected chi connectivity index (χ1v) is 6.20. The quantitative estimate of drug-likeness (QED) is 0.259. The van der Waals surface area contributed by atoms with Gasteiger partial charge in [-0.05, 0) is 24.1 Å². The van der Waals surface area contributed by atoms with Gasteiger partial charge in [-0.3, -0.25) is 0 Å². The molecule has 4 nitrogen and oxygen atoms in total. The van der Waals surface area contributed by atoms with Crippen LogP contribution >= 0.6 is 0 Å². The fourth-order valence-corrected chi connectivity index (χ4v) is 1.89. The summed E-state index contributed by atoms with van der Waals surface area (Å²) in [6.07, 6.45) is 6.11. The lowest BCUT2D eigenvalue weighted by Gasteiger charge is -2.01. The number of esters is 1. The molecule has 1 aromatic carbocycles. The third kappa shape index (κ3) is 3.51. The molecule has 0 spiro atoms. The molecule has 0 amide bonds. The van der Waals surface area contributed by atoms with E-state index in [4.69, 9.17) is 4.74 Å². The Hall–Kier alpha value is -1.94. The number of hydrogen-bond acceptors (Lipinski definition) is 4. The number of hydrogen-bond donors (Lipinski definition) is 0. The molecule has 2 unspecified atom stereocenters. The molecular weight excluding hydrogens is 244 g/mol. The number of carbonyl (C=O) groups excluding carboxylic acids is 2. The van der Waals surface area contributed by atoms with E-state index in [1.165, 1.54) is 7.11 Å². The monoisotopic (exact) mass is 260 g/mol. The Morgan fingerprint density at radius 2 is 2.26 bits per heavy atom. The summed E-state index contributed by atoms with van der Waals surface area (Å²) in [5.74, 6) is -0.347. The summed E-state index contributed by atoms with van der Waals surface area (Å²) < 4.78 is 10.2. The minimum atomic E-state index is -0.347. The van der Waals surface area contributed by atoms with Crippen molar-refractivity contribution in [3.05, 3.63) is 47.5 Å². The fraction of sp³-hybridized carbons (Fsp3) is 0.333. The molecule has 4 heteroatoms. The minimum Gasteiger partial charge on any atom is -0.465 e. The number of aldehydes is 1. The second-order valence-electron chi connectivity index (χ2n) is 4.31. The minimum absolute atomic E-state index is 0.00270. The number of unbranched alkanes of at least 4 members (excludes halogenated alkanes) is 1. The zero-order valence-corrected chi connectivity index (χ0v) is 10.7. The van der Waals surface area contributed by atoms with Crippen molar-refractivity contribution in [3.63, 3.8) is 0 Å². The van der Waals surface area contributed by atoms with Crippen LogP contribution in [0.3, 0.4) is 0 Å². The second kappa shape index (κ2) is 6.29. The van der Waals surface area contributed by atoms with E-state index < -0.39 is 0 Å². The van der Waals surface area contributed by atoms with Gasteiger partial charge < -0.3 is 14.3 Å². The van der Waals surface area contributed by atoms with E-state index in [9.17, 15) is 9.59 Å². The van der Waals surface area contributed by atoms with Gasteiger partial charge >= 0.3 is 5.97 Å². The average Bonchev–Trinajstić information content (AvgIpc) is 3.22. The summed E-state index contributed by atoms with van der Waals surface area (Å²) in [6.45, 7) is 0. The highest BCUT2D eigenvalue weighted by Crippen LogP contribution is 2.39. The van der Waals surface area contributed by atoms with Gasteiger partial charge in [0.2, 0.25) is 0 Å². The molecule has 1 aromatic rings. The first-order chi connectivity index (χ1) is 9.26. The summed E-state index contributed by atoms with van der Waals surface area (Å²) in [7, 11) is 1.36. The van der Waals surface area contributed by atoms with E-state index in [-0.39, 0.29) is 18.2 Å². The predicted molar refractivity (Wildman–Crippen MR) is 69.8 cm³/mol. The van der Waals surface area contributed by atoms with Gasteiger partial charge in [-0.25, -0.2) is 4.79 Å². The number of methoxy groups -OCH3 is 1. The number of allylic oxidation sites excluding steroid dienone is 1. The third-order valence-electron chi connectivity index (χ3n) is 2.94. The Kier molecular flexibility index (Phi) is 4.47. The number of rotatable bonds is 6. The van der Waals surface area contributed by atoms with Gasteiger partial charge in [-0.15, -0.1) is 0 Å². The molecule has 2 atom stereocenters. The molecule has 0 saturated carbocycles. The topological polar surface area (TPSA) is 55.9 Å². The van der Waals surface area contributed by atoms with Crippen molar-refractivity contribution in [1.29, 1.82) is 0 Å². The van der Waals surface area contributed by atoms with E-state index in [0.717, 1.165) is 18.3 Å². The Balaban J connectivity index is 1.95. The zero-order chi connectivity index (χ0) is 13.7. The first-order valence-electron chi connectivity index (χ1n) is 6.20. The molecular formula is C15H16O4. The van der Waals surface area contributed by atoms with Crippen LogP contribution in [0.2, 0.25) is 0 Å². The van der Waals surface area contributed by atoms with E-state index in [0.29, 0.717) is 12.0 Å². The van der Waals surface area contributed by atoms with Crippen LogP contribution in [0.5, 0.6) is 0 Å². The Labute approximate surface area is 112 Å². The molecule has 1 aliphatic rings. The highest BCUT2D eigenvalue weighted by atomic mass is 16.6. The summed E-state index contributed by atoms with van der Waals surface area (Å²) >= 11 is 0.